The number of nitrogens with zero attached hydrogens (tertiary/aromatic N) is 1. The molecule has 0 aromatic heterocycles. The molecule has 2 unspecified atom stereocenters. The van der Waals surface area contributed by atoms with E-state index in [9.17, 15) is 0 Å². The molecule has 0 aliphatic carbocycles. The number of hydrogen-bond donors (Lipinski definition) is 0. The molecule has 3 rings (SSSR count). The fourth-order valence-corrected chi connectivity index (χ4v) is 2.71. The maximum atomic E-state index is 5.77. The van der Waals surface area contributed by atoms with Crippen molar-refractivity contribution in [3.05, 3.63) is 29.8 Å². The number of benzene rings is 1. The van der Waals surface area contributed by atoms with Crippen LogP contribution in [0, 0.1) is 0 Å². The van der Waals surface area contributed by atoms with Crippen LogP contribution in [0.25, 0.3) is 0 Å². The van der Waals surface area contributed by atoms with Crippen LogP contribution in [-0.2, 0) is 0 Å². The Balaban J connectivity index is 2.03. The van der Waals surface area contributed by atoms with Gasteiger partial charge in [-0.25, -0.2) is 0 Å². The van der Waals surface area contributed by atoms with Crippen molar-refractivity contribution < 1.29 is 4.74 Å². The second kappa shape index (κ2) is 2.99. The summed E-state index contributed by atoms with van der Waals surface area (Å²) in [4.78, 5) is 2.42. The summed E-state index contributed by atoms with van der Waals surface area (Å²) in [5.74, 6) is 1.80. The van der Waals surface area contributed by atoms with Gasteiger partial charge in [-0.2, -0.15) is 0 Å². The van der Waals surface area contributed by atoms with E-state index in [1.165, 1.54) is 18.5 Å². The molecule has 0 radical (unpaired) electrons. The molecule has 2 nitrogen and oxygen atoms in total. The van der Waals surface area contributed by atoms with E-state index < -0.39 is 0 Å². The van der Waals surface area contributed by atoms with Crippen molar-refractivity contribution in [1.82, 2.24) is 4.90 Å². The molecule has 2 heterocycles. The van der Waals surface area contributed by atoms with E-state index in [1.54, 1.807) is 0 Å². The van der Waals surface area contributed by atoms with Gasteiger partial charge >= 0.3 is 0 Å². The molecule has 1 fully saturated rings. The lowest BCUT2D eigenvalue weighted by molar-refractivity contribution is 0.168. The average molecular weight is 189 g/mol. The number of ether oxygens (including phenoxy) is 1. The summed E-state index contributed by atoms with van der Waals surface area (Å²) in [6.45, 7) is 2.06. The minimum atomic E-state index is 0.602. The van der Waals surface area contributed by atoms with E-state index in [1.807, 2.05) is 0 Å². The van der Waals surface area contributed by atoms with Crippen LogP contribution >= 0.6 is 0 Å². The van der Waals surface area contributed by atoms with Gasteiger partial charge in [0.1, 0.15) is 12.4 Å². The highest BCUT2D eigenvalue weighted by atomic mass is 16.5. The van der Waals surface area contributed by atoms with Gasteiger partial charge < -0.3 is 4.74 Å². The van der Waals surface area contributed by atoms with Crippen LogP contribution in [0.5, 0.6) is 5.75 Å². The molecule has 14 heavy (non-hydrogen) atoms. The monoisotopic (exact) mass is 189 g/mol. The molecule has 1 saturated heterocycles. The van der Waals surface area contributed by atoms with Crippen molar-refractivity contribution in [2.24, 2.45) is 0 Å². The fourth-order valence-electron chi connectivity index (χ4n) is 2.71. The molecule has 2 aliphatic rings. The number of likely N-dealkylation sites (N-methyl/N-ethyl adjacent to an activating group) is 1. The van der Waals surface area contributed by atoms with Crippen molar-refractivity contribution in [3.8, 4) is 5.75 Å². The lowest BCUT2D eigenvalue weighted by Crippen LogP contribution is -2.37. The minimum absolute atomic E-state index is 0.602. The quantitative estimate of drug-likeness (QED) is 0.617. The zero-order chi connectivity index (χ0) is 9.54. The van der Waals surface area contributed by atoms with Gasteiger partial charge in [0, 0.05) is 5.92 Å². The van der Waals surface area contributed by atoms with Gasteiger partial charge in [-0.15, -0.1) is 0 Å². The number of likely N-dealkylation sites (tertiary alicyclic amines) is 1. The average Bonchev–Trinajstić information content (AvgIpc) is 2.61. The normalized spacial score (nSPS) is 30.6. The largest absolute Gasteiger partial charge is 0.492 e. The summed E-state index contributed by atoms with van der Waals surface area (Å²) in [7, 11) is 2.20. The number of para-hydroxylation sites is 1. The Morgan fingerprint density at radius 2 is 2.21 bits per heavy atom. The first-order valence-corrected chi connectivity index (χ1v) is 5.28. The molecule has 0 bridgehead atoms. The van der Waals surface area contributed by atoms with Crippen LogP contribution in [0.1, 0.15) is 17.9 Å². The summed E-state index contributed by atoms with van der Waals surface area (Å²) in [5, 5.41) is 0. The fraction of sp³-hybridized carbons (Fsp3) is 0.500. The first-order chi connectivity index (χ1) is 6.86. The second-order valence-corrected chi connectivity index (χ2v) is 4.29. The first-order valence-electron chi connectivity index (χ1n) is 5.28. The summed E-state index contributed by atoms with van der Waals surface area (Å²) < 4.78 is 5.77. The van der Waals surface area contributed by atoms with Crippen LogP contribution in [0.4, 0.5) is 0 Å². The predicted molar refractivity (Wildman–Crippen MR) is 55.7 cm³/mol. The summed E-state index contributed by atoms with van der Waals surface area (Å²) in [6.07, 6.45) is 1.28. The smallest absolute Gasteiger partial charge is 0.122 e. The van der Waals surface area contributed by atoms with Crippen molar-refractivity contribution in [1.29, 1.82) is 0 Å². The third kappa shape index (κ3) is 1.07. The molecule has 2 heteroatoms. The molecule has 1 aromatic rings. The molecule has 0 spiro atoms. The highest BCUT2D eigenvalue weighted by molar-refractivity contribution is 5.39. The van der Waals surface area contributed by atoms with E-state index in [4.69, 9.17) is 4.74 Å². The number of rotatable bonds is 0. The van der Waals surface area contributed by atoms with Gasteiger partial charge in [-0.05, 0) is 31.6 Å². The van der Waals surface area contributed by atoms with Gasteiger partial charge in [0.05, 0.1) is 6.04 Å². The lowest BCUT2D eigenvalue weighted by atomic mass is 9.89. The molecule has 74 valence electrons. The summed E-state index contributed by atoms with van der Waals surface area (Å²) in [5.41, 5.74) is 1.41. The molecule has 0 amide bonds. The zero-order valence-electron chi connectivity index (χ0n) is 8.44. The maximum Gasteiger partial charge on any atom is 0.122 e. The molecule has 0 saturated carbocycles. The molecular formula is C12H15NO. The van der Waals surface area contributed by atoms with Crippen molar-refractivity contribution in [2.45, 2.75) is 18.4 Å². The van der Waals surface area contributed by atoms with Crippen LogP contribution in [0.3, 0.4) is 0 Å². The zero-order valence-corrected chi connectivity index (χ0v) is 8.44. The van der Waals surface area contributed by atoms with Crippen molar-refractivity contribution in [2.75, 3.05) is 20.2 Å². The second-order valence-electron chi connectivity index (χ2n) is 4.29. The van der Waals surface area contributed by atoms with E-state index in [2.05, 4.69) is 36.2 Å². The van der Waals surface area contributed by atoms with Gasteiger partial charge in [-0.1, -0.05) is 18.2 Å². The van der Waals surface area contributed by atoms with Crippen LogP contribution in [-0.4, -0.2) is 31.1 Å². The minimum Gasteiger partial charge on any atom is -0.492 e. The van der Waals surface area contributed by atoms with E-state index in [0.717, 1.165) is 12.4 Å². The third-order valence-corrected chi connectivity index (χ3v) is 3.55. The van der Waals surface area contributed by atoms with E-state index >= 15 is 0 Å². The van der Waals surface area contributed by atoms with Crippen LogP contribution in [0.15, 0.2) is 24.3 Å². The standard InChI is InChI=1S/C12H15NO/c1-13-7-6-9-10-4-2-3-5-12(10)14-8-11(9)13/h2-5,9,11H,6-8H2,1H3. The Bertz CT molecular complexity index is 350. The number of fused-ring (bicyclic) bond motifs is 3. The van der Waals surface area contributed by atoms with Crippen molar-refractivity contribution in [3.63, 3.8) is 0 Å². The topological polar surface area (TPSA) is 12.5 Å². The Morgan fingerprint density at radius 3 is 3.14 bits per heavy atom. The Hall–Kier alpha value is -1.02. The molecule has 2 atom stereocenters. The Kier molecular flexibility index (Phi) is 1.77. The highest BCUT2D eigenvalue weighted by Crippen LogP contribution is 2.40. The van der Waals surface area contributed by atoms with Crippen LogP contribution < -0.4 is 4.74 Å². The molecular weight excluding hydrogens is 174 g/mol. The van der Waals surface area contributed by atoms with Gasteiger partial charge in [-0.3, -0.25) is 4.90 Å². The Labute approximate surface area is 84.5 Å². The van der Waals surface area contributed by atoms with Gasteiger partial charge in [0.25, 0.3) is 0 Å². The SMILES string of the molecule is CN1CCC2c3ccccc3OCC21. The number of hydrogen-bond acceptors (Lipinski definition) is 2. The van der Waals surface area contributed by atoms with Crippen molar-refractivity contribution >= 4 is 0 Å². The first kappa shape index (κ1) is 8.30. The van der Waals surface area contributed by atoms with Gasteiger partial charge in [0.15, 0.2) is 0 Å². The molecule has 1 aromatic carbocycles. The molecule has 2 aliphatic heterocycles. The molecule has 0 N–H and O–H groups in total. The third-order valence-electron chi connectivity index (χ3n) is 3.55. The summed E-state index contributed by atoms with van der Waals surface area (Å²) >= 11 is 0. The summed E-state index contributed by atoms with van der Waals surface area (Å²) in [6, 6.07) is 9.07. The highest BCUT2D eigenvalue weighted by Gasteiger charge is 2.37. The Morgan fingerprint density at radius 1 is 1.36 bits per heavy atom. The van der Waals surface area contributed by atoms with Gasteiger partial charge in [0.2, 0.25) is 0 Å². The van der Waals surface area contributed by atoms with Crippen LogP contribution in [0.2, 0.25) is 0 Å². The lowest BCUT2D eigenvalue weighted by Gasteiger charge is -2.31. The van der Waals surface area contributed by atoms with E-state index in [0.29, 0.717) is 12.0 Å². The predicted octanol–water partition coefficient (Wildman–Crippen LogP) is 1.87. The maximum absolute atomic E-state index is 5.77. The van der Waals surface area contributed by atoms with E-state index in [-0.39, 0.29) is 0 Å².